The summed E-state index contributed by atoms with van der Waals surface area (Å²) in [6.45, 7) is 3.24. The van der Waals surface area contributed by atoms with Crippen LogP contribution in [0.2, 0.25) is 5.02 Å². The molecule has 26 heavy (non-hydrogen) atoms. The number of halogens is 1. The molecule has 6 nitrogen and oxygen atoms in total. The summed E-state index contributed by atoms with van der Waals surface area (Å²) in [7, 11) is 0. The first-order valence-corrected chi connectivity index (χ1v) is 8.30. The number of carbonyl (C=O) groups excluding carboxylic acids is 3. The fourth-order valence-corrected chi connectivity index (χ4v) is 2.68. The van der Waals surface area contributed by atoms with Crippen LogP contribution in [0.5, 0.6) is 0 Å². The Labute approximate surface area is 154 Å². The van der Waals surface area contributed by atoms with Gasteiger partial charge >= 0.3 is 5.97 Å². The predicted octanol–water partition coefficient (Wildman–Crippen LogP) is 3.60. The van der Waals surface area contributed by atoms with Crippen molar-refractivity contribution in [2.75, 3.05) is 6.61 Å². The maximum Gasteiger partial charge on any atom is 0.359 e. The van der Waals surface area contributed by atoms with Crippen LogP contribution in [0.4, 0.5) is 0 Å². The number of benzene rings is 1. The van der Waals surface area contributed by atoms with Gasteiger partial charge in [0.2, 0.25) is 5.78 Å². The number of hydrogen-bond acceptors (Lipinski definition) is 5. The van der Waals surface area contributed by atoms with Crippen molar-refractivity contribution in [2.45, 2.75) is 13.8 Å². The lowest BCUT2D eigenvalue weighted by molar-refractivity contribution is 0.0517. The molecule has 0 bridgehead atoms. The van der Waals surface area contributed by atoms with Crippen molar-refractivity contribution >= 4 is 34.8 Å². The largest absolute Gasteiger partial charge is 0.461 e. The average molecular weight is 371 g/mol. The number of nitrogens with zero attached hydrogens (tertiary/aromatic N) is 2. The third-order valence-corrected chi connectivity index (χ3v) is 4.07. The molecule has 7 heteroatoms. The van der Waals surface area contributed by atoms with E-state index in [0.29, 0.717) is 21.8 Å². The van der Waals surface area contributed by atoms with Gasteiger partial charge in [-0.05, 0) is 50.2 Å². The summed E-state index contributed by atoms with van der Waals surface area (Å²) in [6.07, 6.45) is 1.50. The summed E-state index contributed by atoms with van der Waals surface area (Å²) in [6, 6.07) is 9.47. The number of rotatable bonds is 5. The summed E-state index contributed by atoms with van der Waals surface area (Å²) in [4.78, 5) is 41.3. The number of aromatic nitrogens is 2. The smallest absolute Gasteiger partial charge is 0.359 e. The summed E-state index contributed by atoms with van der Waals surface area (Å²) >= 11 is 5.87. The van der Waals surface area contributed by atoms with Crippen molar-refractivity contribution in [1.82, 2.24) is 9.38 Å². The van der Waals surface area contributed by atoms with Crippen LogP contribution in [0.25, 0.3) is 5.65 Å². The van der Waals surface area contributed by atoms with Gasteiger partial charge in [0.25, 0.3) is 0 Å². The molecule has 0 saturated carbocycles. The van der Waals surface area contributed by atoms with Gasteiger partial charge in [-0.1, -0.05) is 11.6 Å². The Balaban J connectivity index is 2.24. The van der Waals surface area contributed by atoms with E-state index in [-0.39, 0.29) is 23.8 Å². The minimum absolute atomic E-state index is 0.0453. The molecule has 0 aliphatic rings. The van der Waals surface area contributed by atoms with E-state index in [1.807, 2.05) is 0 Å². The highest BCUT2D eigenvalue weighted by molar-refractivity contribution is 6.30. The van der Waals surface area contributed by atoms with E-state index in [2.05, 4.69) is 4.98 Å². The second-order valence-electron chi connectivity index (χ2n) is 5.57. The number of ether oxygens (including phenoxy) is 1. The minimum atomic E-state index is -0.696. The second-order valence-corrected chi connectivity index (χ2v) is 6.00. The van der Waals surface area contributed by atoms with Crippen molar-refractivity contribution in [3.8, 4) is 0 Å². The van der Waals surface area contributed by atoms with Gasteiger partial charge in [-0.3, -0.25) is 14.0 Å². The highest BCUT2D eigenvalue weighted by Gasteiger charge is 2.26. The fraction of sp³-hybridized carbons (Fsp3) is 0.158. The van der Waals surface area contributed by atoms with Crippen LogP contribution in [0, 0.1) is 0 Å². The SMILES string of the molecule is CCOC(=O)c1nc2ccc(C(C)=O)cn2c1C(=O)c1ccc(Cl)cc1. The van der Waals surface area contributed by atoms with E-state index in [1.54, 1.807) is 43.3 Å². The Morgan fingerprint density at radius 2 is 1.73 bits per heavy atom. The van der Waals surface area contributed by atoms with E-state index < -0.39 is 11.8 Å². The molecule has 132 valence electrons. The van der Waals surface area contributed by atoms with Crippen molar-refractivity contribution in [3.05, 3.63) is 70.1 Å². The zero-order valence-electron chi connectivity index (χ0n) is 14.2. The predicted molar refractivity (Wildman–Crippen MR) is 96.0 cm³/mol. The number of carbonyl (C=O) groups is 3. The molecular weight excluding hydrogens is 356 g/mol. The van der Waals surface area contributed by atoms with E-state index in [0.717, 1.165) is 0 Å². The molecular formula is C19H15ClN2O4. The van der Waals surface area contributed by atoms with Gasteiger partial charge < -0.3 is 4.74 Å². The topological polar surface area (TPSA) is 77.7 Å². The summed E-state index contributed by atoms with van der Waals surface area (Å²) < 4.78 is 6.47. The Morgan fingerprint density at radius 1 is 1.08 bits per heavy atom. The number of Topliss-reactive ketones (excluding diaryl/α,β-unsaturated/α-hetero) is 1. The molecule has 3 rings (SSSR count). The first-order valence-electron chi connectivity index (χ1n) is 7.92. The Hall–Kier alpha value is -2.99. The molecule has 2 aromatic heterocycles. The third kappa shape index (κ3) is 3.23. The molecule has 3 aromatic rings. The summed E-state index contributed by atoms with van der Waals surface area (Å²) in [5, 5.41) is 0.490. The minimum Gasteiger partial charge on any atom is -0.461 e. The van der Waals surface area contributed by atoms with Gasteiger partial charge in [0, 0.05) is 22.3 Å². The van der Waals surface area contributed by atoms with Gasteiger partial charge in [0.1, 0.15) is 11.3 Å². The van der Waals surface area contributed by atoms with Crippen LogP contribution in [0.1, 0.15) is 50.7 Å². The van der Waals surface area contributed by atoms with Crippen LogP contribution in [0.3, 0.4) is 0 Å². The normalized spacial score (nSPS) is 10.7. The second kappa shape index (κ2) is 7.09. The zero-order valence-corrected chi connectivity index (χ0v) is 14.9. The lowest BCUT2D eigenvalue weighted by atomic mass is 10.1. The molecule has 0 aliphatic carbocycles. The van der Waals surface area contributed by atoms with Crippen molar-refractivity contribution in [3.63, 3.8) is 0 Å². The summed E-state index contributed by atoms with van der Waals surface area (Å²) in [5.41, 5.74) is 1.07. The molecule has 0 saturated heterocycles. The van der Waals surface area contributed by atoms with E-state index in [1.165, 1.54) is 17.5 Å². The third-order valence-electron chi connectivity index (χ3n) is 3.82. The molecule has 0 N–H and O–H groups in total. The lowest BCUT2D eigenvalue weighted by Gasteiger charge is -2.06. The van der Waals surface area contributed by atoms with Crippen molar-refractivity contribution < 1.29 is 19.1 Å². The van der Waals surface area contributed by atoms with Crippen LogP contribution in [0.15, 0.2) is 42.6 Å². The van der Waals surface area contributed by atoms with Crippen LogP contribution < -0.4 is 0 Å². The van der Waals surface area contributed by atoms with Gasteiger partial charge in [0.15, 0.2) is 11.5 Å². The molecule has 2 heterocycles. The molecule has 0 unspecified atom stereocenters. The van der Waals surface area contributed by atoms with Gasteiger partial charge in [-0.25, -0.2) is 9.78 Å². The Morgan fingerprint density at radius 3 is 2.35 bits per heavy atom. The van der Waals surface area contributed by atoms with Crippen LogP contribution >= 0.6 is 11.6 Å². The number of pyridine rings is 1. The molecule has 0 spiro atoms. The molecule has 0 aliphatic heterocycles. The number of hydrogen-bond donors (Lipinski definition) is 0. The van der Waals surface area contributed by atoms with E-state index >= 15 is 0 Å². The number of fused-ring (bicyclic) bond motifs is 1. The van der Waals surface area contributed by atoms with Gasteiger partial charge in [-0.15, -0.1) is 0 Å². The zero-order chi connectivity index (χ0) is 18.8. The van der Waals surface area contributed by atoms with Crippen molar-refractivity contribution in [1.29, 1.82) is 0 Å². The van der Waals surface area contributed by atoms with Crippen molar-refractivity contribution in [2.24, 2.45) is 0 Å². The van der Waals surface area contributed by atoms with Gasteiger partial charge in [0.05, 0.1) is 6.61 Å². The lowest BCUT2D eigenvalue weighted by Crippen LogP contribution is -2.14. The quantitative estimate of drug-likeness (QED) is 0.506. The van der Waals surface area contributed by atoms with E-state index in [9.17, 15) is 14.4 Å². The van der Waals surface area contributed by atoms with Gasteiger partial charge in [-0.2, -0.15) is 0 Å². The molecule has 0 amide bonds. The van der Waals surface area contributed by atoms with E-state index in [4.69, 9.17) is 16.3 Å². The fourth-order valence-electron chi connectivity index (χ4n) is 2.55. The highest BCUT2D eigenvalue weighted by atomic mass is 35.5. The van der Waals surface area contributed by atoms with Crippen LogP contribution in [-0.2, 0) is 4.74 Å². The molecule has 0 radical (unpaired) electrons. The number of esters is 1. The standard InChI is InChI=1S/C19H15ClN2O4/c1-3-26-19(25)16-17(18(24)12-4-7-14(20)8-5-12)22-10-13(11(2)23)6-9-15(22)21-16/h4-10H,3H2,1-2H3. The molecule has 1 aromatic carbocycles. The maximum atomic E-state index is 13.0. The maximum absolute atomic E-state index is 13.0. The van der Waals surface area contributed by atoms with Crippen LogP contribution in [-0.4, -0.2) is 33.5 Å². The monoisotopic (exact) mass is 370 g/mol. The first kappa shape index (κ1) is 17.8. The Kier molecular flexibility index (Phi) is 4.86. The first-order chi connectivity index (χ1) is 12.4. The molecule has 0 fully saturated rings. The average Bonchev–Trinajstić information content (AvgIpc) is 3.00. The molecule has 0 atom stereocenters. The Bertz CT molecular complexity index is 1020. The number of ketones is 2. The highest BCUT2D eigenvalue weighted by Crippen LogP contribution is 2.20. The number of imidazole rings is 1. The summed E-state index contributed by atoms with van der Waals surface area (Å²) in [5.74, 6) is -1.28.